The molecule has 5 aliphatic rings. The van der Waals surface area contributed by atoms with Crippen LogP contribution in [0.2, 0.25) is 0 Å². The molecule has 2 aliphatic heterocycles. The van der Waals surface area contributed by atoms with Gasteiger partial charge in [-0.1, -0.05) is 12.1 Å². The maximum Gasteiger partial charge on any atom is 0.168 e. The maximum atomic E-state index is 12.2. The highest BCUT2D eigenvalue weighted by Crippen LogP contribution is 2.64. The molecule has 27 heavy (non-hydrogen) atoms. The van der Waals surface area contributed by atoms with Crippen LogP contribution >= 0.6 is 0 Å². The molecule has 1 saturated carbocycles. The second-order valence-corrected chi connectivity index (χ2v) is 9.06. The first-order chi connectivity index (χ1) is 13.1. The van der Waals surface area contributed by atoms with Crippen LogP contribution in [0.15, 0.2) is 24.0 Å². The second kappa shape index (κ2) is 5.28. The Labute approximate surface area is 159 Å². The summed E-state index contributed by atoms with van der Waals surface area (Å²) in [6.45, 7) is 2.04. The fourth-order valence-electron chi connectivity index (χ4n) is 6.46. The molecule has 2 fully saturated rings. The molecule has 3 aliphatic carbocycles. The molecule has 5 heteroatoms. The Hall–Kier alpha value is -1.56. The van der Waals surface area contributed by atoms with E-state index in [1.54, 1.807) is 7.11 Å². The van der Waals surface area contributed by atoms with E-state index in [9.17, 15) is 10.2 Å². The van der Waals surface area contributed by atoms with Gasteiger partial charge >= 0.3 is 0 Å². The number of hydrogen-bond donors (Lipinski definition) is 2. The lowest BCUT2D eigenvalue weighted by atomic mass is 9.50. The molecule has 5 nitrogen and oxygen atoms in total. The van der Waals surface area contributed by atoms with Crippen molar-refractivity contribution in [3.05, 3.63) is 40.7 Å². The van der Waals surface area contributed by atoms with Crippen molar-refractivity contribution < 1.29 is 19.7 Å². The Balaban J connectivity index is 1.57. The number of hydrogen-bond acceptors (Lipinski definition) is 5. The molecule has 144 valence electrons. The third kappa shape index (κ3) is 1.86. The molecule has 0 radical (unpaired) electrons. The standard InChI is InChI=1S/C22H27NO4/c1-26-16-6-7-22(25)17-10-14-4-5-15(12-24)19-18(14)21(22,20(16)27-19)8-9-23(17)11-13-2-3-13/h4-6,13,17,20,24-25H,2-3,7-12H2,1H3. The van der Waals surface area contributed by atoms with Crippen LogP contribution in [-0.4, -0.2) is 53.1 Å². The van der Waals surface area contributed by atoms with Crippen LogP contribution in [0.5, 0.6) is 5.75 Å². The van der Waals surface area contributed by atoms with Crippen LogP contribution in [0.4, 0.5) is 0 Å². The van der Waals surface area contributed by atoms with Crippen molar-refractivity contribution in [1.82, 2.24) is 4.90 Å². The highest BCUT2D eigenvalue weighted by molar-refractivity contribution is 5.62. The topological polar surface area (TPSA) is 62.2 Å². The number of methoxy groups -OCH3 is 1. The number of aliphatic hydroxyl groups is 2. The lowest BCUT2D eigenvalue weighted by molar-refractivity contribution is -0.169. The van der Waals surface area contributed by atoms with Crippen molar-refractivity contribution in [3.63, 3.8) is 0 Å². The highest BCUT2D eigenvalue weighted by Gasteiger charge is 2.72. The summed E-state index contributed by atoms with van der Waals surface area (Å²) in [5.41, 5.74) is 1.92. The normalized spacial score (nSPS) is 38.9. The molecule has 4 atom stereocenters. The average Bonchev–Trinajstić information content (AvgIpc) is 3.41. The van der Waals surface area contributed by atoms with Crippen molar-refractivity contribution >= 4 is 0 Å². The average molecular weight is 369 g/mol. The monoisotopic (exact) mass is 369 g/mol. The second-order valence-electron chi connectivity index (χ2n) is 9.06. The summed E-state index contributed by atoms with van der Waals surface area (Å²) in [5, 5.41) is 22.1. The van der Waals surface area contributed by atoms with E-state index < -0.39 is 11.0 Å². The van der Waals surface area contributed by atoms with Gasteiger partial charge in [0.2, 0.25) is 0 Å². The molecule has 0 amide bonds. The SMILES string of the molecule is COC1=CCC2(O)C3Cc4ccc(CO)c5c4C2(CCN3CC2CC2)C1O5. The third-order valence-electron chi connectivity index (χ3n) is 7.89. The molecule has 1 saturated heterocycles. The van der Waals surface area contributed by atoms with E-state index in [0.29, 0.717) is 6.42 Å². The lowest BCUT2D eigenvalue weighted by Crippen LogP contribution is -2.75. The van der Waals surface area contributed by atoms with E-state index in [2.05, 4.69) is 11.0 Å². The summed E-state index contributed by atoms with van der Waals surface area (Å²) in [6.07, 6.45) is 6.71. The van der Waals surface area contributed by atoms with Crippen LogP contribution in [0.25, 0.3) is 0 Å². The zero-order valence-electron chi connectivity index (χ0n) is 15.8. The largest absolute Gasteiger partial charge is 0.497 e. The summed E-state index contributed by atoms with van der Waals surface area (Å²) >= 11 is 0. The number of benzene rings is 1. The van der Waals surface area contributed by atoms with Gasteiger partial charge < -0.3 is 19.7 Å². The first-order valence-electron chi connectivity index (χ1n) is 10.3. The number of aliphatic hydroxyl groups excluding tert-OH is 1. The third-order valence-corrected chi connectivity index (χ3v) is 7.89. The van der Waals surface area contributed by atoms with Gasteiger partial charge in [0.1, 0.15) is 11.5 Å². The van der Waals surface area contributed by atoms with Crippen molar-refractivity contribution in [2.24, 2.45) is 5.92 Å². The minimum absolute atomic E-state index is 0.0485. The van der Waals surface area contributed by atoms with Crippen molar-refractivity contribution in [1.29, 1.82) is 0 Å². The van der Waals surface area contributed by atoms with Crippen molar-refractivity contribution in [2.45, 2.75) is 61.9 Å². The summed E-state index contributed by atoms with van der Waals surface area (Å²) < 4.78 is 12.2. The molecular weight excluding hydrogens is 342 g/mol. The number of nitrogens with zero attached hydrogens (tertiary/aromatic N) is 1. The minimum Gasteiger partial charge on any atom is -0.497 e. The number of rotatable bonds is 4. The van der Waals surface area contributed by atoms with E-state index in [-0.39, 0.29) is 18.8 Å². The van der Waals surface area contributed by atoms with Crippen LogP contribution in [0.1, 0.15) is 42.4 Å². The molecule has 1 spiro atoms. The van der Waals surface area contributed by atoms with Crippen LogP contribution in [0, 0.1) is 5.92 Å². The van der Waals surface area contributed by atoms with Crippen molar-refractivity contribution in [3.8, 4) is 5.75 Å². The Morgan fingerprint density at radius 2 is 2.19 bits per heavy atom. The van der Waals surface area contributed by atoms with E-state index in [0.717, 1.165) is 54.5 Å². The number of piperidine rings is 1. The molecule has 2 heterocycles. The first kappa shape index (κ1) is 16.4. The fourth-order valence-corrected chi connectivity index (χ4v) is 6.46. The molecule has 2 bridgehead atoms. The molecule has 6 rings (SSSR count). The van der Waals surface area contributed by atoms with Gasteiger partial charge in [0.15, 0.2) is 6.10 Å². The zero-order valence-corrected chi connectivity index (χ0v) is 15.8. The quantitative estimate of drug-likeness (QED) is 0.849. The fraction of sp³-hybridized carbons (Fsp3) is 0.636. The lowest BCUT2D eigenvalue weighted by Gasteiger charge is -2.62. The maximum absolute atomic E-state index is 12.2. The van der Waals surface area contributed by atoms with E-state index in [1.165, 1.54) is 18.4 Å². The van der Waals surface area contributed by atoms with Gasteiger partial charge in [-0.3, -0.25) is 4.90 Å². The van der Waals surface area contributed by atoms with E-state index >= 15 is 0 Å². The molecule has 1 aromatic carbocycles. The molecule has 0 aromatic heterocycles. The summed E-state index contributed by atoms with van der Waals surface area (Å²) in [6, 6.07) is 4.26. The van der Waals surface area contributed by atoms with Gasteiger partial charge in [0, 0.05) is 30.1 Å². The minimum atomic E-state index is -0.848. The number of ether oxygens (including phenoxy) is 2. The van der Waals surface area contributed by atoms with Crippen LogP contribution < -0.4 is 4.74 Å². The van der Waals surface area contributed by atoms with Gasteiger partial charge in [0.25, 0.3) is 0 Å². The van der Waals surface area contributed by atoms with Gasteiger partial charge in [-0.05, 0) is 49.8 Å². The molecule has 4 unspecified atom stereocenters. The van der Waals surface area contributed by atoms with E-state index in [4.69, 9.17) is 9.47 Å². The zero-order chi connectivity index (χ0) is 18.4. The molecule has 1 aromatic rings. The number of likely N-dealkylation sites (tertiary alicyclic amines) is 1. The molecule has 2 N–H and O–H groups in total. The van der Waals surface area contributed by atoms with Crippen molar-refractivity contribution in [2.75, 3.05) is 20.2 Å². The molecular formula is C22H27NO4. The smallest absolute Gasteiger partial charge is 0.168 e. The predicted molar refractivity (Wildman–Crippen MR) is 99.5 cm³/mol. The van der Waals surface area contributed by atoms with Crippen LogP contribution in [0.3, 0.4) is 0 Å². The summed E-state index contributed by atoms with van der Waals surface area (Å²) in [7, 11) is 1.69. The highest BCUT2D eigenvalue weighted by atomic mass is 16.5. The Morgan fingerprint density at radius 1 is 1.33 bits per heavy atom. The van der Waals surface area contributed by atoms with Gasteiger partial charge in [-0.15, -0.1) is 0 Å². The Bertz CT molecular complexity index is 847. The Kier molecular flexibility index (Phi) is 3.21. The van der Waals surface area contributed by atoms with Gasteiger partial charge in [-0.25, -0.2) is 0 Å². The first-order valence-corrected chi connectivity index (χ1v) is 10.3. The van der Waals surface area contributed by atoms with Gasteiger partial charge in [-0.2, -0.15) is 0 Å². The predicted octanol–water partition coefficient (Wildman–Crippen LogP) is 1.88. The van der Waals surface area contributed by atoms with E-state index in [1.807, 2.05) is 12.1 Å². The summed E-state index contributed by atoms with van der Waals surface area (Å²) in [4.78, 5) is 2.55. The van der Waals surface area contributed by atoms with Gasteiger partial charge in [0.05, 0.1) is 24.7 Å². The Morgan fingerprint density at radius 3 is 2.93 bits per heavy atom. The van der Waals surface area contributed by atoms with Crippen LogP contribution in [-0.2, 0) is 23.2 Å². The summed E-state index contributed by atoms with van der Waals surface area (Å²) in [5.74, 6) is 2.42.